The number of hydrogen-bond donors (Lipinski definition) is 2. The van der Waals surface area contributed by atoms with Gasteiger partial charge in [0.05, 0.1) is 11.8 Å². The van der Waals surface area contributed by atoms with Crippen molar-refractivity contribution in [3.8, 4) is 0 Å². The summed E-state index contributed by atoms with van der Waals surface area (Å²) in [4.78, 5) is 26.5. The van der Waals surface area contributed by atoms with Crippen molar-refractivity contribution in [3.05, 3.63) is 29.8 Å². The van der Waals surface area contributed by atoms with Gasteiger partial charge in [0.25, 0.3) is 0 Å². The van der Waals surface area contributed by atoms with Gasteiger partial charge in [0, 0.05) is 18.8 Å². The Morgan fingerprint density at radius 2 is 1.75 bits per heavy atom. The zero-order chi connectivity index (χ0) is 17.9. The molecule has 2 atom stereocenters. The molecule has 1 saturated carbocycles. The van der Waals surface area contributed by atoms with Gasteiger partial charge in [0.2, 0.25) is 11.8 Å². The number of nitrogens with one attached hydrogen (secondary N) is 2. The van der Waals surface area contributed by atoms with Crippen molar-refractivity contribution in [2.24, 2.45) is 11.8 Å². The number of hydrogen-bond acceptors (Lipinski definition) is 3. The summed E-state index contributed by atoms with van der Waals surface area (Å²) in [6.07, 6.45) is 0.636. The molecule has 2 rings (SSSR count). The highest BCUT2D eigenvalue weighted by atomic mass is 16.2. The van der Waals surface area contributed by atoms with Crippen LogP contribution in [-0.4, -0.2) is 43.9 Å². The van der Waals surface area contributed by atoms with Crippen molar-refractivity contribution in [1.82, 2.24) is 10.2 Å². The number of carbonyl (C=O) groups excluding carboxylic acids is 2. The van der Waals surface area contributed by atoms with E-state index in [9.17, 15) is 9.59 Å². The van der Waals surface area contributed by atoms with Crippen molar-refractivity contribution in [1.29, 1.82) is 0 Å². The van der Waals surface area contributed by atoms with E-state index < -0.39 is 0 Å². The molecule has 1 aliphatic carbocycles. The second kappa shape index (κ2) is 7.34. The molecule has 1 aliphatic rings. The quantitative estimate of drug-likeness (QED) is 0.840. The third-order valence-corrected chi connectivity index (χ3v) is 4.32. The summed E-state index contributed by atoms with van der Waals surface area (Å²) in [5, 5.41) is 5.91. The van der Waals surface area contributed by atoms with Gasteiger partial charge in [-0.2, -0.15) is 0 Å². The van der Waals surface area contributed by atoms with Gasteiger partial charge in [-0.1, -0.05) is 39.0 Å². The molecule has 0 radical (unpaired) electrons. The third kappa shape index (κ3) is 4.81. The van der Waals surface area contributed by atoms with Crippen LogP contribution in [0.2, 0.25) is 0 Å². The van der Waals surface area contributed by atoms with E-state index in [0.717, 1.165) is 17.8 Å². The Morgan fingerprint density at radius 3 is 2.38 bits per heavy atom. The fraction of sp³-hybridized carbons (Fsp3) is 0.579. The number of rotatable bonds is 6. The van der Waals surface area contributed by atoms with Crippen LogP contribution in [0.1, 0.15) is 32.8 Å². The van der Waals surface area contributed by atoms with Crippen molar-refractivity contribution < 1.29 is 9.59 Å². The molecule has 132 valence electrons. The van der Waals surface area contributed by atoms with Crippen molar-refractivity contribution in [3.63, 3.8) is 0 Å². The molecule has 0 heterocycles. The molecule has 2 unspecified atom stereocenters. The Bertz CT molecular complexity index is 605. The van der Waals surface area contributed by atoms with Gasteiger partial charge in [-0.25, -0.2) is 0 Å². The smallest absolute Gasteiger partial charge is 0.228 e. The highest BCUT2D eigenvalue weighted by molar-refractivity contribution is 6.00. The molecule has 5 heteroatoms. The second-order valence-corrected chi connectivity index (χ2v) is 7.83. The summed E-state index contributed by atoms with van der Waals surface area (Å²) in [5.74, 6) is -0.466. The van der Waals surface area contributed by atoms with Gasteiger partial charge in [-0.15, -0.1) is 0 Å². The highest BCUT2D eigenvalue weighted by Crippen LogP contribution is 2.40. The maximum atomic E-state index is 12.5. The lowest BCUT2D eigenvalue weighted by molar-refractivity contribution is -0.125. The van der Waals surface area contributed by atoms with E-state index in [-0.39, 0.29) is 29.1 Å². The molecule has 0 aliphatic heterocycles. The second-order valence-electron chi connectivity index (χ2n) is 7.83. The lowest BCUT2D eigenvalue weighted by Gasteiger charge is -2.23. The molecular weight excluding hydrogens is 302 g/mol. The van der Waals surface area contributed by atoms with Gasteiger partial charge in [0.1, 0.15) is 0 Å². The summed E-state index contributed by atoms with van der Waals surface area (Å²) in [5.41, 5.74) is 1.90. The Kier molecular flexibility index (Phi) is 5.65. The van der Waals surface area contributed by atoms with Crippen molar-refractivity contribution >= 4 is 17.5 Å². The maximum absolute atomic E-state index is 12.5. The zero-order valence-electron chi connectivity index (χ0n) is 15.3. The summed E-state index contributed by atoms with van der Waals surface area (Å²) < 4.78 is 0. The average molecular weight is 331 g/mol. The first kappa shape index (κ1) is 18.5. The van der Waals surface area contributed by atoms with Gasteiger partial charge in [0.15, 0.2) is 0 Å². The molecule has 0 saturated heterocycles. The van der Waals surface area contributed by atoms with Crippen LogP contribution in [0.5, 0.6) is 0 Å². The molecule has 5 nitrogen and oxygen atoms in total. The fourth-order valence-electron chi connectivity index (χ4n) is 2.78. The molecular formula is C19H29N3O2. The summed E-state index contributed by atoms with van der Waals surface area (Å²) in [7, 11) is 3.93. The summed E-state index contributed by atoms with van der Waals surface area (Å²) in [6, 6.07) is 7.86. The summed E-state index contributed by atoms with van der Waals surface area (Å²) in [6.45, 7) is 7.78. The van der Waals surface area contributed by atoms with Crippen LogP contribution in [0.25, 0.3) is 0 Å². The maximum Gasteiger partial charge on any atom is 0.228 e. The van der Waals surface area contributed by atoms with E-state index in [4.69, 9.17) is 0 Å². The number of likely N-dealkylation sites (N-methyl/N-ethyl adjacent to an activating group) is 1. The van der Waals surface area contributed by atoms with Crippen LogP contribution in [0.3, 0.4) is 0 Å². The standard InChI is InChI=1S/C19H29N3O2/c1-19(2,3)15-8-6-7-9-16(15)21-18(24)14-12-13(14)17(23)20-10-11-22(4)5/h6-9,13-14H,10-12H2,1-5H3,(H,20,23)(H,21,24). The number of benzene rings is 1. The van der Waals surface area contributed by atoms with Crippen LogP contribution in [-0.2, 0) is 15.0 Å². The number of nitrogens with zero attached hydrogens (tertiary/aromatic N) is 1. The van der Waals surface area contributed by atoms with Crippen LogP contribution >= 0.6 is 0 Å². The van der Waals surface area contributed by atoms with Crippen molar-refractivity contribution in [2.45, 2.75) is 32.6 Å². The molecule has 0 bridgehead atoms. The van der Waals surface area contributed by atoms with E-state index in [1.165, 1.54) is 0 Å². The monoisotopic (exact) mass is 331 g/mol. The first-order valence-electron chi connectivity index (χ1n) is 8.53. The molecule has 1 aromatic carbocycles. The van der Waals surface area contributed by atoms with E-state index in [0.29, 0.717) is 13.0 Å². The predicted octanol–water partition coefficient (Wildman–Crippen LogP) is 2.24. The topological polar surface area (TPSA) is 61.4 Å². The fourth-order valence-corrected chi connectivity index (χ4v) is 2.78. The largest absolute Gasteiger partial charge is 0.355 e. The zero-order valence-corrected chi connectivity index (χ0v) is 15.3. The first-order chi connectivity index (χ1) is 11.2. The van der Waals surface area contributed by atoms with Crippen LogP contribution in [0.4, 0.5) is 5.69 Å². The van der Waals surface area contributed by atoms with Crippen LogP contribution in [0.15, 0.2) is 24.3 Å². The van der Waals surface area contributed by atoms with Crippen LogP contribution in [0, 0.1) is 11.8 Å². The Hall–Kier alpha value is -1.88. The highest BCUT2D eigenvalue weighted by Gasteiger charge is 2.48. The number of para-hydroxylation sites is 1. The predicted molar refractivity (Wildman–Crippen MR) is 96.9 cm³/mol. The average Bonchev–Trinajstić information content (AvgIpc) is 3.26. The molecule has 0 aromatic heterocycles. The van der Waals surface area contributed by atoms with E-state index >= 15 is 0 Å². The number of anilines is 1. The van der Waals surface area contributed by atoms with E-state index in [1.807, 2.05) is 43.3 Å². The molecule has 2 amide bonds. The molecule has 0 spiro atoms. The minimum absolute atomic E-state index is 0.0129. The minimum atomic E-state index is -0.211. The van der Waals surface area contributed by atoms with E-state index in [1.54, 1.807) is 0 Å². The van der Waals surface area contributed by atoms with Crippen LogP contribution < -0.4 is 10.6 Å². The minimum Gasteiger partial charge on any atom is -0.355 e. The lowest BCUT2D eigenvalue weighted by Crippen LogP contribution is -2.33. The van der Waals surface area contributed by atoms with Gasteiger partial charge >= 0.3 is 0 Å². The van der Waals surface area contributed by atoms with Gasteiger partial charge in [-0.05, 0) is 37.6 Å². The SMILES string of the molecule is CN(C)CCNC(=O)C1CC1C(=O)Nc1ccccc1C(C)(C)C. The number of amides is 2. The Labute approximate surface area is 144 Å². The molecule has 1 aromatic rings. The molecule has 2 N–H and O–H groups in total. The Balaban J connectivity index is 1.90. The normalized spacial score (nSPS) is 19.9. The van der Waals surface area contributed by atoms with Crippen molar-refractivity contribution in [2.75, 3.05) is 32.5 Å². The summed E-state index contributed by atoms with van der Waals surface area (Å²) >= 11 is 0. The first-order valence-corrected chi connectivity index (χ1v) is 8.53. The van der Waals surface area contributed by atoms with Gasteiger partial charge in [-0.3, -0.25) is 9.59 Å². The van der Waals surface area contributed by atoms with E-state index in [2.05, 4.69) is 31.4 Å². The molecule has 1 fully saturated rings. The third-order valence-electron chi connectivity index (χ3n) is 4.32. The Morgan fingerprint density at radius 1 is 1.12 bits per heavy atom. The molecule has 24 heavy (non-hydrogen) atoms. The lowest BCUT2D eigenvalue weighted by atomic mass is 9.86. The van der Waals surface area contributed by atoms with Gasteiger partial charge < -0.3 is 15.5 Å². The number of carbonyl (C=O) groups is 2.